The Balaban J connectivity index is 2.65. The first-order chi connectivity index (χ1) is 8.54. The summed E-state index contributed by atoms with van der Waals surface area (Å²) in [6.45, 7) is 0.0530. The highest BCUT2D eigenvalue weighted by Gasteiger charge is 2.10. The van der Waals surface area contributed by atoms with Crippen LogP contribution in [0.5, 0.6) is 0 Å². The van der Waals surface area contributed by atoms with Gasteiger partial charge in [0.2, 0.25) is 5.91 Å². The monoisotopic (exact) mass is 271 g/mol. The fourth-order valence-electron chi connectivity index (χ4n) is 1.39. The van der Waals surface area contributed by atoms with Gasteiger partial charge in [-0.3, -0.25) is 4.79 Å². The molecule has 0 aromatic heterocycles. The molecule has 0 unspecified atom stereocenters. The Kier molecular flexibility index (Phi) is 5.61. The minimum absolute atomic E-state index is 0.0511. The highest BCUT2D eigenvalue weighted by Crippen LogP contribution is 2.20. The molecule has 0 spiro atoms. The highest BCUT2D eigenvalue weighted by molar-refractivity contribution is 6.33. The van der Waals surface area contributed by atoms with Crippen LogP contribution in [0.25, 0.3) is 0 Å². The average molecular weight is 272 g/mol. The summed E-state index contributed by atoms with van der Waals surface area (Å²) >= 11 is 5.71. The molecule has 0 fully saturated rings. The molecule has 6 heteroatoms. The molecule has 0 aliphatic rings. The fourth-order valence-corrected chi connectivity index (χ4v) is 1.59. The number of carboxylic acid groups (broad SMARTS) is 1. The zero-order valence-corrected chi connectivity index (χ0v) is 10.4. The average Bonchev–Trinajstić information content (AvgIpc) is 2.31. The van der Waals surface area contributed by atoms with Crippen LogP contribution in [0.1, 0.15) is 29.6 Å². The molecule has 5 nitrogen and oxygen atoms in total. The topological polar surface area (TPSA) is 86.6 Å². The van der Waals surface area contributed by atoms with Crippen molar-refractivity contribution < 1.29 is 19.8 Å². The maximum absolute atomic E-state index is 11.5. The van der Waals surface area contributed by atoms with E-state index in [1.807, 2.05) is 0 Å². The van der Waals surface area contributed by atoms with Crippen LogP contribution in [-0.2, 0) is 4.79 Å². The summed E-state index contributed by atoms with van der Waals surface area (Å²) in [6, 6.07) is 4.28. The van der Waals surface area contributed by atoms with Crippen molar-refractivity contribution in [2.45, 2.75) is 19.3 Å². The third-order valence-corrected chi connectivity index (χ3v) is 2.62. The summed E-state index contributed by atoms with van der Waals surface area (Å²) in [5, 5.41) is 20.2. The van der Waals surface area contributed by atoms with Crippen molar-refractivity contribution in [3.8, 4) is 0 Å². The van der Waals surface area contributed by atoms with Crippen LogP contribution in [-0.4, -0.2) is 28.7 Å². The minimum atomic E-state index is -1.14. The second-order valence-electron chi connectivity index (χ2n) is 3.73. The van der Waals surface area contributed by atoms with Crippen molar-refractivity contribution in [3.05, 3.63) is 28.8 Å². The van der Waals surface area contributed by atoms with Crippen LogP contribution in [0, 0.1) is 0 Å². The number of carbonyl (C=O) groups excluding carboxylic acids is 1. The van der Waals surface area contributed by atoms with E-state index >= 15 is 0 Å². The summed E-state index contributed by atoms with van der Waals surface area (Å²) in [5.41, 5.74) is 0.343. The van der Waals surface area contributed by atoms with Gasteiger partial charge >= 0.3 is 5.97 Å². The minimum Gasteiger partial charge on any atom is -0.478 e. The number of rotatable bonds is 6. The number of anilines is 1. The molecule has 3 N–H and O–H groups in total. The van der Waals surface area contributed by atoms with Gasteiger partial charge in [0.25, 0.3) is 0 Å². The van der Waals surface area contributed by atoms with Crippen molar-refractivity contribution in [2.24, 2.45) is 0 Å². The number of aromatic carboxylic acids is 1. The number of amides is 1. The molecule has 0 saturated heterocycles. The second-order valence-corrected chi connectivity index (χ2v) is 4.14. The summed E-state index contributed by atoms with van der Waals surface area (Å²) in [4.78, 5) is 22.3. The Labute approximate surface area is 109 Å². The number of aliphatic hydroxyl groups is 1. The van der Waals surface area contributed by atoms with Crippen LogP contribution in [0.4, 0.5) is 5.69 Å². The molecule has 18 heavy (non-hydrogen) atoms. The molecule has 0 radical (unpaired) electrons. The predicted octanol–water partition coefficient (Wildman–Crippen LogP) is 2.14. The number of carboxylic acids is 1. The highest BCUT2D eigenvalue weighted by atomic mass is 35.5. The Hall–Kier alpha value is -1.59. The van der Waals surface area contributed by atoms with Gasteiger partial charge in [-0.15, -0.1) is 0 Å². The summed E-state index contributed by atoms with van der Waals surface area (Å²) in [6.07, 6.45) is 1.43. The lowest BCUT2D eigenvalue weighted by Crippen LogP contribution is -2.12. The summed E-state index contributed by atoms with van der Waals surface area (Å²) in [5.74, 6) is -1.36. The lowest BCUT2D eigenvalue weighted by molar-refractivity contribution is -0.116. The molecule has 1 rings (SSSR count). The van der Waals surface area contributed by atoms with Gasteiger partial charge in [0.1, 0.15) is 0 Å². The maximum atomic E-state index is 11.5. The molecule has 0 bridgehead atoms. The van der Waals surface area contributed by atoms with Crippen molar-refractivity contribution >= 4 is 29.2 Å². The zero-order chi connectivity index (χ0) is 13.5. The molecule has 1 aromatic rings. The van der Waals surface area contributed by atoms with E-state index in [-0.39, 0.29) is 29.5 Å². The van der Waals surface area contributed by atoms with Gasteiger partial charge in [0.05, 0.1) is 10.6 Å². The molecule has 0 atom stereocenters. The van der Waals surface area contributed by atoms with Gasteiger partial charge in [0.15, 0.2) is 0 Å². The Morgan fingerprint density at radius 1 is 1.28 bits per heavy atom. The van der Waals surface area contributed by atoms with E-state index < -0.39 is 5.97 Å². The number of nitrogens with one attached hydrogen (secondary N) is 1. The third kappa shape index (κ3) is 4.35. The molecular weight excluding hydrogens is 258 g/mol. The molecule has 0 saturated carbocycles. The lowest BCUT2D eigenvalue weighted by atomic mass is 10.2. The first-order valence-electron chi connectivity index (χ1n) is 5.48. The van der Waals surface area contributed by atoms with Crippen LogP contribution < -0.4 is 5.32 Å². The molecule has 0 aliphatic carbocycles. The van der Waals surface area contributed by atoms with Crippen LogP contribution in [0.3, 0.4) is 0 Å². The lowest BCUT2D eigenvalue weighted by Gasteiger charge is -2.06. The molecule has 0 aliphatic heterocycles. The van der Waals surface area contributed by atoms with Crippen LogP contribution in [0.15, 0.2) is 18.2 Å². The number of hydrogen-bond acceptors (Lipinski definition) is 3. The van der Waals surface area contributed by atoms with Gasteiger partial charge in [0, 0.05) is 18.7 Å². The van der Waals surface area contributed by atoms with Crippen molar-refractivity contribution in [2.75, 3.05) is 11.9 Å². The van der Waals surface area contributed by atoms with E-state index in [2.05, 4.69) is 5.32 Å². The Morgan fingerprint density at radius 3 is 2.61 bits per heavy atom. The van der Waals surface area contributed by atoms with E-state index in [1.165, 1.54) is 12.1 Å². The van der Waals surface area contributed by atoms with Crippen molar-refractivity contribution in [1.29, 1.82) is 0 Å². The quantitative estimate of drug-likeness (QED) is 0.692. The smallest absolute Gasteiger partial charge is 0.337 e. The van der Waals surface area contributed by atoms with E-state index in [1.54, 1.807) is 6.07 Å². The van der Waals surface area contributed by atoms with Gasteiger partial charge in [-0.2, -0.15) is 0 Å². The third-order valence-electron chi connectivity index (χ3n) is 2.29. The van der Waals surface area contributed by atoms with Crippen molar-refractivity contribution in [3.63, 3.8) is 0 Å². The molecule has 1 aromatic carbocycles. The second kappa shape index (κ2) is 6.98. The normalized spacial score (nSPS) is 10.1. The van der Waals surface area contributed by atoms with Gasteiger partial charge in [-0.05, 0) is 31.0 Å². The molecule has 1 amide bonds. The number of benzene rings is 1. The van der Waals surface area contributed by atoms with E-state index in [0.717, 1.165) is 0 Å². The Morgan fingerprint density at radius 2 is 2.00 bits per heavy atom. The van der Waals surface area contributed by atoms with Gasteiger partial charge < -0.3 is 15.5 Å². The molecule has 98 valence electrons. The van der Waals surface area contributed by atoms with E-state index in [9.17, 15) is 9.59 Å². The SMILES string of the molecule is O=C(CCCCO)Nc1ccc(Cl)c(C(=O)O)c1. The van der Waals surface area contributed by atoms with Gasteiger partial charge in [-0.25, -0.2) is 4.79 Å². The zero-order valence-electron chi connectivity index (χ0n) is 9.65. The molecule has 0 heterocycles. The Bertz CT molecular complexity index is 448. The van der Waals surface area contributed by atoms with Crippen molar-refractivity contribution in [1.82, 2.24) is 0 Å². The van der Waals surface area contributed by atoms with Gasteiger partial charge in [-0.1, -0.05) is 11.6 Å². The number of hydrogen-bond donors (Lipinski definition) is 3. The van der Waals surface area contributed by atoms with E-state index in [4.69, 9.17) is 21.8 Å². The first-order valence-corrected chi connectivity index (χ1v) is 5.86. The van der Waals surface area contributed by atoms with Crippen LogP contribution >= 0.6 is 11.6 Å². The summed E-state index contributed by atoms with van der Waals surface area (Å²) < 4.78 is 0. The first kappa shape index (κ1) is 14.5. The predicted molar refractivity (Wildman–Crippen MR) is 68.0 cm³/mol. The maximum Gasteiger partial charge on any atom is 0.337 e. The number of halogens is 1. The molecular formula is C12H14ClNO4. The standard InChI is InChI=1S/C12H14ClNO4/c13-10-5-4-8(7-9(10)12(17)18)14-11(16)3-1-2-6-15/h4-5,7,15H,1-3,6H2,(H,14,16)(H,17,18). The summed E-state index contributed by atoms with van der Waals surface area (Å²) in [7, 11) is 0. The number of unbranched alkanes of at least 4 members (excludes halogenated alkanes) is 1. The fraction of sp³-hybridized carbons (Fsp3) is 0.333. The van der Waals surface area contributed by atoms with E-state index in [0.29, 0.717) is 18.5 Å². The van der Waals surface area contributed by atoms with Crippen LogP contribution in [0.2, 0.25) is 5.02 Å². The number of aliphatic hydroxyl groups excluding tert-OH is 1. The number of carbonyl (C=O) groups is 2. The largest absolute Gasteiger partial charge is 0.478 e.